The molecule has 0 aliphatic carbocycles. The van der Waals surface area contributed by atoms with Gasteiger partial charge in [-0.25, -0.2) is 0 Å². The quantitative estimate of drug-likeness (QED) is 0.780. The molecule has 0 bridgehead atoms. The molecule has 0 radical (unpaired) electrons. The highest BCUT2D eigenvalue weighted by Gasteiger charge is 2.37. The van der Waals surface area contributed by atoms with E-state index in [1.165, 1.54) is 5.56 Å². The first-order valence-corrected chi connectivity index (χ1v) is 9.35. The third kappa shape index (κ3) is 4.85. The number of hydrogen-bond donors (Lipinski definition) is 2. The van der Waals surface area contributed by atoms with Gasteiger partial charge in [0.05, 0.1) is 5.92 Å². The molecule has 0 saturated carbocycles. The number of halogens is 1. The van der Waals surface area contributed by atoms with Gasteiger partial charge < -0.3 is 10.4 Å². The second-order valence-corrected chi connectivity index (χ2v) is 7.52. The van der Waals surface area contributed by atoms with E-state index in [2.05, 4.69) is 22.3 Å². The maximum Gasteiger partial charge on any atom is 0.308 e. The van der Waals surface area contributed by atoms with Crippen molar-refractivity contribution < 1.29 is 9.90 Å². The van der Waals surface area contributed by atoms with E-state index < -0.39 is 5.97 Å². The molecule has 1 saturated heterocycles. The number of carboxylic acids is 1. The third-order valence-electron chi connectivity index (χ3n) is 5.01. The van der Waals surface area contributed by atoms with Crippen LogP contribution in [0.5, 0.6) is 0 Å². The molecule has 0 amide bonds. The Labute approximate surface area is 159 Å². The molecule has 1 heterocycles. The molecule has 0 aromatic heterocycles. The summed E-state index contributed by atoms with van der Waals surface area (Å²) in [5, 5.41) is 13.7. The molecular weight excluding hydrogens is 348 g/mol. The summed E-state index contributed by atoms with van der Waals surface area (Å²) in [6.07, 6.45) is 0. The number of carbonyl (C=O) groups is 1. The summed E-state index contributed by atoms with van der Waals surface area (Å²) in [6, 6.07) is 16.2. The predicted octanol–water partition coefficient (Wildman–Crippen LogP) is 3.57. The van der Waals surface area contributed by atoms with Gasteiger partial charge in [0.15, 0.2) is 0 Å². The second-order valence-electron chi connectivity index (χ2n) is 7.11. The van der Waals surface area contributed by atoms with Crippen molar-refractivity contribution in [1.82, 2.24) is 10.2 Å². The maximum atomic E-state index is 11.7. The van der Waals surface area contributed by atoms with Gasteiger partial charge in [-0.1, -0.05) is 54.1 Å². The van der Waals surface area contributed by atoms with Crippen molar-refractivity contribution in [2.24, 2.45) is 11.8 Å². The number of aryl methyl sites for hydroxylation is 1. The van der Waals surface area contributed by atoms with Crippen molar-refractivity contribution in [2.75, 3.05) is 19.6 Å². The zero-order valence-corrected chi connectivity index (χ0v) is 15.7. The Balaban J connectivity index is 1.56. The first-order chi connectivity index (χ1) is 12.5. The minimum Gasteiger partial charge on any atom is -0.481 e. The minimum atomic E-state index is -0.708. The molecule has 1 aliphatic rings. The van der Waals surface area contributed by atoms with E-state index >= 15 is 0 Å². The molecule has 1 fully saturated rings. The van der Waals surface area contributed by atoms with Crippen LogP contribution in [-0.2, 0) is 17.9 Å². The van der Waals surface area contributed by atoms with Crippen LogP contribution in [0.25, 0.3) is 0 Å². The Morgan fingerprint density at radius 3 is 2.69 bits per heavy atom. The summed E-state index contributed by atoms with van der Waals surface area (Å²) in [7, 11) is 0. The lowest BCUT2D eigenvalue weighted by molar-refractivity contribution is -0.142. The topological polar surface area (TPSA) is 52.6 Å². The molecule has 0 unspecified atom stereocenters. The Morgan fingerprint density at radius 1 is 1.23 bits per heavy atom. The first kappa shape index (κ1) is 18.9. The normalized spacial score (nSPS) is 20.4. The molecule has 4 nitrogen and oxygen atoms in total. The van der Waals surface area contributed by atoms with Gasteiger partial charge in [0.2, 0.25) is 0 Å². The van der Waals surface area contributed by atoms with Crippen LogP contribution in [0.3, 0.4) is 0 Å². The van der Waals surface area contributed by atoms with Crippen LogP contribution in [0.4, 0.5) is 0 Å². The van der Waals surface area contributed by atoms with Gasteiger partial charge in [-0.05, 0) is 35.6 Å². The van der Waals surface area contributed by atoms with Gasteiger partial charge in [-0.3, -0.25) is 9.69 Å². The lowest BCUT2D eigenvalue weighted by Crippen LogP contribution is -2.31. The van der Waals surface area contributed by atoms with Crippen molar-refractivity contribution in [2.45, 2.75) is 20.0 Å². The Morgan fingerprint density at radius 2 is 2.00 bits per heavy atom. The van der Waals surface area contributed by atoms with E-state index in [0.717, 1.165) is 29.2 Å². The molecular formula is C21H25ClN2O2. The first-order valence-electron chi connectivity index (χ1n) is 8.98. The van der Waals surface area contributed by atoms with Gasteiger partial charge in [-0.2, -0.15) is 0 Å². The SMILES string of the molecule is Cc1ccc(CNC[C@@H]2CN(Cc3ccccc3)C[C@H]2C(=O)O)c(Cl)c1. The zero-order valence-electron chi connectivity index (χ0n) is 15.0. The van der Waals surface area contributed by atoms with Gasteiger partial charge in [-0.15, -0.1) is 0 Å². The van der Waals surface area contributed by atoms with Gasteiger partial charge in [0.25, 0.3) is 0 Å². The molecule has 3 rings (SSSR count). The minimum absolute atomic E-state index is 0.0976. The van der Waals surface area contributed by atoms with Gasteiger partial charge >= 0.3 is 5.97 Å². The number of rotatable bonds is 7. The fourth-order valence-corrected chi connectivity index (χ4v) is 3.91. The fraction of sp³-hybridized carbons (Fsp3) is 0.381. The number of hydrogen-bond acceptors (Lipinski definition) is 3. The molecule has 2 N–H and O–H groups in total. The molecule has 2 atom stereocenters. The van der Waals surface area contributed by atoms with Crippen molar-refractivity contribution in [3.05, 3.63) is 70.2 Å². The van der Waals surface area contributed by atoms with Gasteiger partial charge in [0, 0.05) is 37.7 Å². The van der Waals surface area contributed by atoms with Crippen LogP contribution in [0, 0.1) is 18.8 Å². The molecule has 1 aliphatic heterocycles. The lowest BCUT2D eigenvalue weighted by Gasteiger charge is -2.17. The van der Waals surface area contributed by atoms with Crippen LogP contribution < -0.4 is 5.32 Å². The lowest BCUT2D eigenvalue weighted by atomic mass is 9.96. The molecule has 0 spiro atoms. The summed E-state index contributed by atoms with van der Waals surface area (Å²) in [6.45, 7) is 5.53. The van der Waals surface area contributed by atoms with Gasteiger partial charge in [0.1, 0.15) is 0 Å². The summed E-state index contributed by atoms with van der Waals surface area (Å²) in [5.74, 6) is -0.944. The molecule has 26 heavy (non-hydrogen) atoms. The van der Waals surface area contributed by atoms with Crippen molar-refractivity contribution in [3.8, 4) is 0 Å². The summed E-state index contributed by atoms with van der Waals surface area (Å²) in [5.41, 5.74) is 3.40. The number of aliphatic carboxylic acids is 1. The summed E-state index contributed by atoms with van der Waals surface area (Å²) < 4.78 is 0. The Bertz CT molecular complexity index is 751. The van der Waals surface area contributed by atoms with E-state index in [9.17, 15) is 9.90 Å². The van der Waals surface area contributed by atoms with Crippen LogP contribution in [-0.4, -0.2) is 35.6 Å². The summed E-state index contributed by atoms with van der Waals surface area (Å²) >= 11 is 6.28. The molecule has 138 valence electrons. The fourth-order valence-electron chi connectivity index (χ4n) is 3.61. The summed E-state index contributed by atoms with van der Waals surface area (Å²) in [4.78, 5) is 13.9. The molecule has 2 aromatic rings. The Hall–Kier alpha value is -1.88. The number of carboxylic acid groups (broad SMARTS) is 1. The van der Waals surface area contributed by atoms with Crippen LogP contribution in [0.2, 0.25) is 5.02 Å². The zero-order chi connectivity index (χ0) is 18.5. The average Bonchev–Trinajstić information content (AvgIpc) is 3.01. The second kappa shape index (κ2) is 8.67. The van der Waals surface area contributed by atoms with Crippen molar-refractivity contribution in [1.29, 1.82) is 0 Å². The number of benzene rings is 2. The predicted molar refractivity (Wildman–Crippen MR) is 104 cm³/mol. The maximum absolute atomic E-state index is 11.7. The monoisotopic (exact) mass is 372 g/mol. The number of likely N-dealkylation sites (tertiary alicyclic amines) is 1. The van der Waals surface area contributed by atoms with Crippen LogP contribution in [0.15, 0.2) is 48.5 Å². The van der Waals surface area contributed by atoms with Crippen LogP contribution in [0.1, 0.15) is 16.7 Å². The standard InChI is InChI=1S/C21H25ClN2O2/c1-15-7-8-17(20(22)9-15)10-23-11-18-13-24(14-19(18)21(25)26)12-16-5-3-2-4-6-16/h2-9,18-19,23H,10-14H2,1H3,(H,25,26)/t18-,19-/m1/s1. The number of nitrogens with zero attached hydrogens (tertiary/aromatic N) is 1. The van der Waals surface area contributed by atoms with E-state index in [4.69, 9.17) is 11.6 Å². The highest BCUT2D eigenvalue weighted by atomic mass is 35.5. The number of nitrogens with one attached hydrogen (secondary N) is 1. The highest BCUT2D eigenvalue weighted by molar-refractivity contribution is 6.31. The van der Waals surface area contributed by atoms with E-state index in [-0.39, 0.29) is 11.8 Å². The van der Waals surface area contributed by atoms with Crippen molar-refractivity contribution in [3.63, 3.8) is 0 Å². The average molecular weight is 373 g/mol. The van der Waals surface area contributed by atoms with Crippen LogP contribution >= 0.6 is 11.6 Å². The van der Waals surface area contributed by atoms with E-state index in [1.807, 2.05) is 43.3 Å². The molecule has 5 heteroatoms. The van der Waals surface area contributed by atoms with E-state index in [1.54, 1.807) is 0 Å². The third-order valence-corrected chi connectivity index (χ3v) is 5.37. The smallest absolute Gasteiger partial charge is 0.308 e. The highest BCUT2D eigenvalue weighted by Crippen LogP contribution is 2.25. The molecule has 2 aromatic carbocycles. The van der Waals surface area contributed by atoms with E-state index in [0.29, 0.717) is 19.6 Å². The van der Waals surface area contributed by atoms with Crippen molar-refractivity contribution >= 4 is 17.6 Å². The largest absolute Gasteiger partial charge is 0.481 e. The Kier molecular flexibility index (Phi) is 6.30.